The Morgan fingerprint density at radius 1 is 1.24 bits per heavy atom. The van der Waals surface area contributed by atoms with Crippen LogP contribution in [0.25, 0.3) is 11.1 Å². The van der Waals surface area contributed by atoms with Crippen LogP contribution in [0.1, 0.15) is 49.0 Å². The molecule has 1 unspecified atom stereocenters. The van der Waals surface area contributed by atoms with E-state index in [-0.39, 0.29) is 18.6 Å². The zero-order valence-corrected chi connectivity index (χ0v) is 22.0. The first-order valence-electron chi connectivity index (χ1n) is 12.9. The van der Waals surface area contributed by atoms with Crippen molar-refractivity contribution >= 4 is 23.4 Å². The molecule has 0 bridgehead atoms. The molecule has 5 rings (SSSR count). The second-order valence-corrected chi connectivity index (χ2v) is 10.8. The molecule has 0 saturated heterocycles. The Bertz CT molecular complexity index is 1280. The van der Waals surface area contributed by atoms with Crippen molar-refractivity contribution in [1.82, 2.24) is 30.0 Å². The summed E-state index contributed by atoms with van der Waals surface area (Å²) in [5.41, 5.74) is 3.74. The highest BCUT2D eigenvalue weighted by molar-refractivity contribution is 6.00. The zero-order valence-electron chi connectivity index (χ0n) is 22.0. The number of fused-ring (bicyclic) bond motifs is 1. The summed E-state index contributed by atoms with van der Waals surface area (Å²) in [6.45, 7) is 5.69. The van der Waals surface area contributed by atoms with E-state index in [0.717, 1.165) is 48.3 Å². The van der Waals surface area contributed by atoms with Crippen molar-refractivity contribution in [1.29, 1.82) is 0 Å². The molecule has 37 heavy (non-hydrogen) atoms. The van der Waals surface area contributed by atoms with Crippen molar-refractivity contribution in [3.05, 3.63) is 47.9 Å². The molecule has 0 spiro atoms. The van der Waals surface area contributed by atoms with Gasteiger partial charge in [0.1, 0.15) is 5.82 Å². The number of aliphatic hydroxyl groups is 1. The molecule has 2 aromatic heterocycles. The summed E-state index contributed by atoms with van der Waals surface area (Å²) >= 11 is 0. The summed E-state index contributed by atoms with van der Waals surface area (Å²) < 4.78 is 1.92. The van der Waals surface area contributed by atoms with Crippen LogP contribution in [0.3, 0.4) is 0 Å². The van der Waals surface area contributed by atoms with E-state index in [9.17, 15) is 9.90 Å². The van der Waals surface area contributed by atoms with Gasteiger partial charge in [-0.2, -0.15) is 10.1 Å². The Hall–Kier alpha value is -3.50. The van der Waals surface area contributed by atoms with E-state index in [1.165, 1.54) is 6.42 Å². The lowest BCUT2D eigenvalue weighted by molar-refractivity contribution is 0.0940. The van der Waals surface area contributed by atoms with Gasteiger partial charge >= 0.3 is 0 Å². The summed E-state index contributed by atoms with van der Waals surface area (Å²) in [5.74, 6) is 1.47. The fraction of sp³-hybridized carbons (Fsp3) is 0.481. The van der Waals surface area contributed by atoms with Crippen molar-refractivity contribution in [3.8, 4) is 11.1 Å². The van der Waals surface area contributed by atoms with Gasteiger partial charge in [0.15, 0.2) is 0 Å². The van der Waals surface area contributed by atoms with Crippen LogP contribution in [0.15, 0.2) is 36.8 Å². The molecule has 1 aliphatic heterocycles. The van der Waals surface area contributed by atoms with Crippen molar-refractivity contribution in [2.45, 2.75) is 51.2 Å². The Morgan fingerprint density at radius 2 is 2.05 bits per heavy atom. The number of likely N-dealkylation sites (N-methyl/N-ethyl adjacent to an activating group) is 1. The van der Waals surface area contributed by atoms with Crippen molar-refractivity contribution in [2.24, 2.45) is 5.92 Å². The van der Waals surface area contributed by atoms with Gasteiger partial charge in [0, 0.05) is 41.3 Å². The summed E-state index contributed by atoms with van der Waals surface area (Å²) in [6.07, 6.45) is 9.02. The van der Waals surface area contributed by atoms with Gasteiger partial charge in [-0.05, 0) is 70.5 Å². The van der Waals surface area contributed by atoms with E-state index in [1.54, 1.807) is 6.20 Å². The molecule has 1 amide bonds. The number of aliphatic hydroxyl groups excluding tert-OH is 1. The third-order valence-electron chi connectivity index (χ3n) is 7.37. The third kappa shape index (κ3) is 5.30. The van der Waals surface area contributed by atoms with Crippen LogP contribution in [0.5, 0.6) is 0 Å². The molecule has 1 aromatic carbocycles. The van der Waals surface area contributed by atoms with Crippen LogP contribution < -0.4 is 16.0 Å². The highest BCUT2D eigenvalue weighted by atomic mass is 16.3. The van der Waals surface area contributed by atoms with Gasteiger partial charge in [0.05, 0.1) is 30.9 Å². The summed E-state index contributed by atoms with van der Waals surface area (Å²) in [7, 11) is 4.08. The van der Waals surface area contributed by atoms with Gasteiger partial charge in [-0.3, -0.25) is 9.48 Å². The summed E-state index contributed by atoms with van der Waals surface area (Å²) in [4.78, 5) is 23.8. The number of carbonyl (C=O) groups excluding carboxylic acids is 1. The van der Waals surface area contributed by atoms with Crippen molar-refractivity contribution < 1.29 is 9.90 Å². The van der Waals surface area contributed by atoms with Crippen LogP contribution in [-0.2, 0) is 12.1 Å². The number of nitrogens with zero attached hydrogens (tertiary/aromatic N) is 5. The standard InChI is InChI=1S/C27H36N8O2/c1-27(2)22-12-19(8-9-20(22)25(37)33-27)30-26-28-14-21(18-13-29-35(15-18)11-10-34(3)4)24(32-26)31-23(16-36)17-6-5-7-17/h8-9,12-15,17,23,36H,5-7,10-11,16H2,1-4H3,(H,33,37)(H2,28,30,31,32). The maximum absolute atomic E-state index is 12.3. The lowest BCUT2D eigenvalue weighted by atomic mass is 9.80. The zero-order chi connectivity index (χ0) is 26.2. The monoisotopic (exact) mass is 504 g/mol. The van der Waals surface area contributed by atoms with Gasteiger partial charge in [-0.25, -0.2) is 4.98 Å². The Morgan fingerprint density at radius 3 is 2.76 bits per heavy atom. The van der Waals surface area contributed by atoms with E-state index in [2.05, 4.69) is 30.9 Å². The summed E-state index contributed by atoms with van der Waals surface area (Å²) in [6, 6.07) is 5.59. The first-order chi connectivity index (χ1) is 17.7. The van der Waals surface area contributed by atoms with E-state index in [4.69, 9.17) is 4.98 Å². The van der Waals surface area contributed by atoms with Crippen molar-refractivity contribution in [2.75, 3.05) is 37.9 Å². The van der Waals surface area contributed by atoms with E-state index >= 15 is 0 Å². The quantitative estimate of drug-likeness (QED) is 0.332. The predicted molar refractivity (Wildman–Crippen MR) is 144 cm³/mol. The molecule has 1 saturated carbocycles. The number of aromatic nitrogens is 4. The largest absolute Gasteiger partial charge is 0.394 e. The number of carbonyl (C=O) groups is 1. The maximum atomic E-state index is 12.3. The minimum absolute atomic E-state index is 0.0416. The smallest absolute Gasteiger partial charge is 0.252 e. The van der Waals surface area contributed by atoms with Crippen LogP contribution in [0.2, 0.25) is 0 Å². The molecular formula is C27H36N8O2. The molecule has 196 valence electrons. The molecule has 0 radical (unpaired) electrons. The molecule has 1 atom stereocenters. The second-order valence-electron chi connectivity index (χ2n) is 10.8. The minimum atomic E-state index is -0.439. The van der Waals surface area contributed by atoms with Crippen LogP contribution in [-0.4, -0.2) is 69.0 Å². The first kappa shape index (κ1) is 25.2. The van der Waals surface area contributed by atoms with Gasteiger partial charge in [0.25, 0.3) is 5.91 Å². The molecule has 4 N–H and O–H groups in total. The lowest BCUT2D eigenvalue weighted by Gasteiger charge is -2.33. The number of benzene rings is 1. The number of nitrogens with one attached hydrogen (secondary N) is 3. The third-order valence-corrected chi connectivity index (χ3v) is 7.37. The predicted octanol–water partition coefficient (Wildman–Crippen LogP) is 3.20. The molecular weight excluding hydrogens is 468 g/mol. The Balaban J connectivity index is 1.44. The minimum Gasteiger partial charge on any atom is -0.394 e. The SMILES string of the molecule is CN(C)CCn1cc(-c2cnc(Nc3ccc4c(c3)C(C)(C)NC4=O)nc2NC(CO)C2CCC2)cn1. The van der Waals surface area contributed by atoms with Gasteiger partial charge < -0.3 is 26.0 Å². The normalized spacial score (nSPS) is 17.3. The van der Waals surface area contributed by atoms with Crippen LogP contribution in [0.4, 0.5) is 17.5 Å². The average molecular weight is 505 g/mol. The number of rotatable bonds is 10. The first-order valence-corrected chi connectivity index (χ1v) is 12.9. The van der Waals surface area contributed by atoms with E-state index in [0.29, 0.717) is 23.2 Å². The fourth-order valence-electron chi connectivity index (χ4n) is 4.91. The molecule has 10 heteroatoms. The van der Waals surface area contributed by atoms with Gasteiger partial charge in [-0.1, -0.05) is 6.42 Å². The molecule has 3 aromatic rings. The van der Waals surface area contributed by atoms with E-state index in [1.807, 2.05) is 63.2 Å². The summed E-state index contributed by atoms with van der Waals surface area (Å²) in [5, 5.41) is 24.4. The van der Waals surface area contributed by atoms with Crippen LogP contribution in [0, 0.1) is 5.92 Å². The van der Waals surface area contributed by atoms with Crippen LogP contribution >= 0.6 is 0 Å². The molecule has 1 aliphatic carbocycles. The maximum Gasteiger partial charge on any atom is 0.252 e. The lowest BCUT2D eigenvalue weighted by Crippen LogP contribution is -2.37. The highest BCUT2D eigenvalue weighted by Gasteiger charge is 2.35. The Kier molecular flexibility index (Phi) is 6.87. The number of hydrogen-bond donors (Lipinski definition) is 4. The molecule has 10 nitrogen and oxygen atoms in total. The average Bonchev–Trinajstić information content (AvgIpc) is 3.38. The molecule has 1 fully saturated rings. The molecule has 3 heterocycles. The topological polar surface area (TPSA) is 120 Å². The highest BCUT2D eigenvalue weighted by Crippen LogP contribution is 2.35. The van der Waals surface area contributed by atoms with E-state index < -0.39 is 5.54 Å². The van der Waals surface area contributed by atoms with Crippen molar-refractivity contribution in [3.63, 3.8) is 0 Å². The Labute approximate surface area is 217 Å². The van der Waals surface area contributed by atoms with Gasteiger partial charge in [0.2, 0.25) is 5.95 Å². The molecule has 2 aliphatic rings. The fourth-order valence-corrected chi connectivity index (χ4v) is 4.91. The number of amides is 1. The van der Waals surface area contributed by atoms with Gasteiger partial charge in [-0.15, -0.1) is 0 Å². The number of hydrogen-bond acceptors (Lipinski definition) is 8. The number of anilines is 3. The second kappa shape index (κ2) is 10.1.